The summed E-state index contributed by atoms with van der Waals surface area (Å²) in [5.74, 6) is -1.29. The van der Waals surface area contributed by atoms with Gasteiger partial charge in [-0.15, -0.1) is 0 Å². The van der Waals surface area contributed by atoms with E-state index in [4.69, 9.17) is 9.47 Å². The molecule has 5 heteroatoms. The Bertz CT molecular complexity index is 396. The van der Waals surface area contributed by atoms with Crippen LogP contribution < -0.4 is 0 Å². The van der Waals surface area contributed by atoms with Crippen LogP contribution in [-0.4, -0.2) is 43.1 Å². The summed E-state index contributed by atoms with van der Waals surface area (Å²) in [6.07, 6.45) is 10.9. The van der Waals surface area contributed by atoms with Crippen molar-refractivity contribution in [3.63, 3.8) is 0 Å². The predicted octanol–water partition coefficient (Wildman–Crippen LogP) is 3.85. The Morgan fingerprint density at radius 1 is 0.833 bits per heavy atom. The highest BCUT2D eigenvalue weighted by Gasteiger charge is 2.19. The van der Waals surface area contributed by atoms with Crippen molar-refractivity contribution >= 4 is 11.9 Å². The molecule has 0 radical (unpaired) electrons. The first kappa shape index (κ1) is 22.2. The van der Waals surface area contributed by atoms with Gasteiger partial charge in [0.15, 0.2) is 0 Å². The fourth-order valence-electron chi connectivity index (χ4n) is 2.09. The molecule has 0 rings (SSSR count). The number of ether oxygens (including phenoxy) is 2. The molecule has 0 aliphatic rings. The lowest BCUT2D eigenvalue weighted by atomic mass is 10.2. The first-order valence-corrected chi connectivity index (χ1v) is 9.07. The van der Waals surface area contributed by atoms with Crippen LogP contribution in [0.1, 0.15) is 59.8 Å². The van der Waals surface area contributed by atoms with E-state index in [1.807, 2.05) is 6.20 Å². The molecule has 0 fully saturated rings. The highest BCUT2D eigenvalue weighted by atomic mass is 16.6. The van der Waals surface area contributed by atoms with Crippen LogP contribution in [-0.2, 0) is 19.1 Å². The van der Waals surface area contributed by atoms with E-state index in [9.17, 15) is 9.59 Å². The van der Waals surface area contributed by atoms with Gasteiger partial charge >= 0.3 is 11.9 Å². The zero-order chi connectivity index (χ0) is 18.2. The lowest BCUT2D eigenvalue weighted by molar-refractivity contribution is -0.146. The van der Waals surface area contributed by atoms with Gasteiger partial charge in [-0.1, -0.05) is 33.1 Å². The molecular weight excluding hydrogens is 306 g/mol. The van der Waals surface area contributed by atoms with Gasteiger partial charge in [0.2, 0.25) is 0 Å². The maximum absolute atomic E-state index is 11.9. The smallest absolute Gasteiger partial charge is 0.345 e. The van der Waals surface area contributed by atoms with Gasteiger partial charge in [0.05, 0.1) is 13.2 Å². The fraction of sp³-hybridized carbons (Fsp3) is 0.684. The number of hydrogen-bond donors (Lipinski definition) is 0. The molecule has 0 aromatic rings. The van der Waals surface area contributed by atoms with Crippen LogP contribution in [0.2, 0.25) is 0 Å². The van der Waals surface area contributed by atoms with Crippen LogP contribution in [0.4, 0.5) is 0 Å². The van der Waals surface area contributed by atoms with Crippen LogP contribution >= 0.6 is 0 Å². The maximum atomic E-state index is 11.9. The molecule has 0 unspecified atom stereocenters. The monoisotopic (exact) mass is 339 g/mol. The van der Waals surface area contributed by atoms with Crippen molar-refractivity contribution in [2.45, 2.75) is 59.8 Å². The summed E-state index contributed by atoms with van der Waals surface area (Å²) >= 11 is 0. The predicted molar refractivity (Wildman–Crippen MR) is 96.5 cm³/mol. The molecule has 5 nitrogen and oxygen atoms in total. The quantitative estimate of drug-likeness (QED) is 0.127. The molecule has 0 saturated heterocycles. The van der Waals surface area contributed by atoms with Crippen LogP contribution in [0.15, 0.2) is 23.9 Å². The second kappa shape index (κ2) is 14.8. The van der Waals surface area contributed by atoms with Gasteiger partial charge in [0, 0.05) is 13.1 Å². The Morgan fingerprint density at radius 2 is 1.38 bits per heavy atom. The van der Waals surface area contributed by atoms with Gasteiger partial charge < -0.3 is 14.4 Å². The molecule has 0 bridgehead atoms. The van der Waals surface area contributed by atoms with Crippen LogP contribution in [0.25, 0.3) is 0 Å². The molecule has 0 aliphatic heterocycles. The summed E-state index contributed by atoms with van der Waals surface area (Å²) in [7, 11) is 0. The minimum atomic E-state index is -0.647. The molecule has 0 aliphatic carbocycles. The molecule has 138 valence electrons. The van der Waals surface area contributed by atoms with E-state index in [-0.39, 0.29) is 18.8 Å². The zero-order valence-electron chi connectivity index (χ0n) is 15.7. The third-order valence-electron chi connectivity index (χ3n) is 3.40. The number of allylic oxidation sites excluding steroid dienone is 2. The van der Waals surface area contributed by atoms with Crippen LogP contribution in [0.5, 0.6) is 0 Å². The van der Waals surface area contributed by atoms with E-state index in [1.165, 1.54) is 18.9 Å². The molecule has 0 aromatic heterocycles. The summed E-state index contributed by atoms with van der Waals surface area (Å²) in [5.41, 5.74) is -0.0704. The average molecular weight is 339 g/mol. The second-order valence-electron chi connectivity index (χ2n) is 5.46. The van der Waals surface area contributed by atoms with E-state index in [0.29, 0.717) is 0 Å². The Morgan fingerprint density at radius 3 is 1.88 bits per heavy atom. The lowest BCUT2D eigenvalue weighted by Crippen LogP contribution is -2.20. The lowest BCUT2D eigenvalue weighted by Gasteiger charge is -2.19. The Labute approximate surface area is 146 Å². The Balaban J connectivity index is 4.95. The highest BCUT2D eigenvalue weighted by molar-refractivity contribution is 6.14. The standard InChI is InChI=1S/C19H33NO4/c1-5-9-11-15-20(14-10-6-2)16-12-13-17(18(21)23-7-3)19(22)24-8-4/h12-13,16H,5-11,14-15H2,1-4H3. The summed E-state index contributed by atoms with van der Waals surface area (Å²) in [5, 5.41) is 0. The number of carbonyl (C=O) groups is 2. The summed E-state index contributed by atoms with van der Waals surface area (Å²) in [6, 6.07) is 0. The zero-order valence-corrected chi connectivity index (χ0v) is 15.7. The molecule has 0 amide bonds. The van der Waals surface area contributed by atoms with Crippen molar-refractivity contribution in [3.05, 3.63) is 23.9 Å². The number of carbonyl (C=O) groups excluding carboxylic acids is 2. The average Bonchev–Trinajstić information content (AvgIpc) is 2.56. The van der Waals surface area contributed by atoms with Crippen molar-refractivity contribution in [3.8, 4) is 0 Å². The fourth-order valence-corrected chi connectivity index (χ4v) is 2.09. The number of nitrogens with zero attached hydrogens (tertiary/aromatic N) is 1. The number of rotatable bonds is 13. The molecule has 0 spiro atoms. The third kappa shape index (κ3) is 10.1. The van der Waals surface area contributed by atoms with Gasteiger partial charge in [-0.25, -0.2) is 9.59 Å². The number of unbranched alkanes of at least 4 members (excludes halogenated alkanes) is 3. The highest BCUT2D eigenvalue weighted by Crippen LogP contribution is 2.05. The first-order valence-electron chi connectivity index (χ1n) is 9.07. The van der Waals surface area contributed by atoms with Crippen molar-refractivity contribution < 1.29 is 19.1 Å². The molecule has 0 atom stereocenters. The topological polar surface area (TPSA) is 55.8 Å². The van der Waals surface area contributed by atoms with Gasteiger partial charge in [-0.2, -0.15) is 0 Å². The maximum Gasteiger partial charge on any atom is 0.345 e. The van der Waals surface area contributed by atoms with E-state index in [1.54, 1.807) is 19.9 Å². The van der Waals surface area contributed by atoms with Crippen molar-refractivity contribution in [2.24, 2.45) is 0 Å². The minimum Gasteiger partial charge on any atom is -0.462 e. The first-order chi connectivity index (χ1) is 11.6. The van der Waals surface area contributed by atoms with Crippen molar-refractivity contribution in [2.75, 3.05) is 26.3 Å². The van der Waals surface area contributed by atoms with E-state index in [0.717, 1.165) is 32.4 Å². The normalized spacial score (nSPS) is 10.5. The third-order valence-corrected chi connectivity index (χ3v) is 3.40. The molecular formula is C19H33NO4. The molecule has 0 N–H and O–H groups in total. The SMILES string of the molecule is CCCCCN(C=CC=C(C(=O)OCC)C(=O)OCC)CCCC. The molecule has 0 heterocycles. The largest absolute Gasteiger partial charge is 0.462 e. The van der Waals surface area contributed by atoms with E-state index in [2.05, 4.69) is 18.7 Å². The summed E-state index contributed by atoms with van der Waals surface area (Å²) < 4.78 is 9.84. The van der Waals surface area contributed by atoms with Gasteiger partial charge in [0.1, 0.15) is 5.57 Å². The van der Waals surface area contributed by atoms with Crippen molar-refractivity contribution in [1.82, 2.24) is 4.90 Å². The number of hydrogen-bond acceptors (Lipinski definition) is 5. The van der Waals surface area contributed by atoms with Gasteiger partial charge in [-0.05, 0) is 45.0 Å². The minimum absolute atomic E-state index is 0.0704. The summed E-state index contributed by atoms with van der Waals surface area (Å²) in [4.78, 5) is 26.0. The summed E-state index contributed by atoms with van der Waals surface area (Å²) in [6.45, 7) is 10.1. The van der Waals surface area contributed by atoms with E-state index >= 15 is 0 Å². The second-order valence-corrected chi connectivity index (χ2v) is 5.46. The van der Waals surface area contributed by atoms with Crippen LogP contribution in [0.3, 0.4) is 0 Å². The molecule has 0 aromatic carbocycles. The van der Waals surface area contributed by atoms with Crippen LogP contribution in [0, 0.1) is 0 Å². The Hall–Kier alpha value is -1.78. The Kier molecular flexibility index (Phi) is 13.7. The van der Waals surface area contributed by atoms with Gasteiger partial charge in [-0.3, -0.25) is 0 Å². The number of esters is 2. The van der Waals surface area contributed by atoms with Gasteiger partial charge in [0.25, 0.3) is 0 Å². The molecule has 0 saturated carbocycles. The van der Waals surface area contributed by atoms with Crippen molar-refractivity contribution in [1.29, 1.82) is 0 Å². The van der Waals surface area contributed by atoms with E-state index < -0.39 is 11.9 Å². The molecule has 24 heavy (non-hydrogen) atoms.